The molecule has 17 heavy (non-hydrogen) atoms. The Morgan fingerprint density at radius 1 is 1.53 bits per heavy atom. The minimum atomic E-state index is 0.0231. The number of rotatable bonds is 3. The molecular formula is C13H19BrN2O. The molecule has 0 saturated carbocycles. The number of hydrogen-bond acceptors (Lipinski definition) is 3. The second-order valence-corrected chi connectivity index (χ2v) is 6.01. The van der Waals surface area contributed by atoms with Crippen LogP contribution < -0.4 is 5.32 Å². The Balaban J connectivity index is 1.86. The zero-order valence-electron chi connectivity index (χ0n) is 10.4. The average molecular weight is 299 g/mol. The van der Waals surface area contributed by atoms with Crippen molar-refractivity contribution in [3.63, 3.8) is 0 Å². The predicted molar refractivity (Wildman–Crippen MR) is 73.2 cm³/mol. The molecule has 94 valence electrons. The van der Waals surface area contributed by atoms with E-state index in [2.05, 4.69) is 40.1 Å². The second kappa shape index (κ2) is 5.36. The fourth-order valence-electron chi connectivity index (χ4n) is 2.29. The molecule has 3 nitrogen and oxygen atoms in total. The van der Waals surface area contributed by atoms with Crippen molar-refractivity contribution >= 4 is 21.7 Å². The highest BCUT2D eigenvalue weighted by molar-refractivity contribution is 9.10. The fourth-order valence-corrected chi connectivity index (χ4v) is 2.63. The molecule has 1 aliphatic heterocycles. The number of aromatic nitrogens is 1. The van der Waals surface area contributed by atoms with E-state index in [1.165, 1.54) is 0 Å². The van der Waals surface area contributed by atoms with Gasteiger partial charge >= 0.3 is 0 Å². The van der Waals surface area contributed by atoms with Crippen molar-refractivity contribution in [1.82, 2.24) is 4.98 Å². The maximum atomic E-state index is 5.72. The molecule has 1 aliphatic rings. The fraction of sp³-hybridized carbons (Fsp3) is 0.615. The third kappa shape index (κ3) is 3.96. The van der Waals surface area contributed by atoms with Crippen molar-refractivity contribution in [1.29, 1.82) is 0 Å². The summed E-state index contributed by atoms with van der Waals surface area (Å²) in [6, 6.07) is 5.92. The molecule has 0 bridgehead atoms. The molecule has 0 aromatic carbocycles. The summed E-state index contributed by atoms with van der Waals surface area (Å²) in [6.07, 6.45) is 2.23. The van der Waals surface area contributed by atoms with Gasteiger partial charge in [-0.15, -0.1) is 0 Å². The Morgan fingerprint density at radius 3 is 3.06 bits per heavy atom. The third-order valence-electron chi connectivity index (χ3n) is 3.09. The number of anilines is 1. The molecule has 0 aliphatic carbocycles. The smallest absolute Gasteiger partial charge is 0.127 e. The van der Waals surface area contributed by atoms with Crippen LogP contribution in [0.3, 0.4) is 0 Å². The van der Waals surface area contributed by atoms with Crippen molar-refractivity contribution < 1.29 is 4.74 Å². The standard InChI is InChI=1S/C13H19BrN2O/c1-13(2)8-10(6-7-17-13)9-15-12-5-3-4-11(14)16-12/h3-5,10H,6-9H2,1-2H3,(H,15,16)/t10-/m1/s1. The minimum Gasteiger partial charge on any atom is -0.376 e. The first kappa shape index (κ1) is 12.8. The number of halogens is 1. The van der Waals surface area contributed by atoms with Crippen molar-refractivity contribution in [2.75, 3.05) is 18.5 Å². The van der Waals surface area contributed by atoms with Gasteiger partial charge in [-0.3, -0.25) is 0 Å². The summed E-state index contributed by atoms with van der Waals surface area (Å²) in [6.45, 7) is 6.16. The quantitative estimate of drug-likeness (QED) is 0.868. The van der Waals surface area contributed by atoms with E-state index in [1.807, 2.05) is 18.2 Å². The van der Waals surface area contributed by atoms with Gasteiger partial charge in [-0.25, -0.2) is 4.98 Å². The Labute approximate surface area is 111 Å². The van der Waals surface area contributed by atoms with Crippen LogP contribution in [-0.2, 0) is 4.74 Å². The molecule has 0 amide bonds. The van der Waals surface area contributed by atoms with Gasteiger partial charge in [-0.1, -0.05) is 6.07 Å². The minimum absolute atomic E-state index is 0.0231. The first-order valence-corrected chi connectivity index (χ1v) is 6.85. The normalized spacial score (nSPS) is 23.4. The lowest BCUT2D eigenvalue weighted by molar-refractivity contribution is -0.0699. The van der Waals surface area contributed by atoms with Gasteiger partial charge in [0, 0.05) is 13.2 Å². The average Bonchev–Trinajstić information content (AvgIpc) is 2.25. The lowest BCUT2D eigenvalue weighted by Gasteiger charge is -2.35. The van der Waals surface area contributed by atoms with E-state index in [0.717, 1.165) is 36.4 Å². The van der Waals surface area contributed by atoms with Gasteiger partial charge in [-0.05, 0) is 60.7 Å². The van der Waals surface area contributed by atoms with Gasteiger partial charge < -0.3 is 10.1 Å². The summed E-state index contributed by atoms with van der Waals surface area (Å²) < 4.78 is 6.59. The van der Waals surface area contributed by atoms with E-state index in [-0.39, 0.29) is 5.60 Å². The Hall–Kier alpha value is -0.610. The molecule has 1 N–H and O–H groups in total. The number of hydrogen-bond donors (Lipinski definition) is 1. The molecule has 1 fully saturated rings. The molecular weight excluding hydrogens is 280 g/mol. The topological polar surface area (TPSA) is 34.2 Å². The van der Waals surface area contributed by atoms with Crippen LogP contribution in [0.4, 0.5) is 5.82 Å². The summed E-state index contributed by atoms with van der Waals surface area (Å²) in [5.74, 6) is 1.60. The van der Waals surface area contributed by atoms with Crippen LogP contribution in [0.25, 0.3) is 0 Å². The SMILES string of the molecule is CC1(C)C[C@H](CNc2cccc(Br)n2)CCO1. The number of pyridine rings is 1. The first-order chi connectivity index (χ1) is 8.05. The Bertz CT molecular complexity index is 381. The molecule has 0 radical (unpaired) electrons. The van der Waals surface area contributed by atoms with Crippen LogP contribution in [-0.4, -0.2) is 23.7 Å². The summed E-state index contributed by atoms with van der Waals surface area (Å²) >= 11 is 3.38. The van der Waals surface area contributed by atoms with Crippen molar-refractivity contribution in [2.24, 2.45) is 5.92 Å². The summed E-state index contributed by atoms with van der Waals surface area (Å²) in [5.41, 5.74) is 0.0231. The van der Waals surface area contributed by atoms with Crippen molar-refractivity contribution in [3.8, 4) is 0 Å². The van der Waals surface area contributed by atoms with Crippen molar-refractivity contribution in [2.45, 2.75) is 32.3 Å². The largest absolute Gasteiger partial charge is 0.376 e. The summed E-state index contributed by atoms with van der Waals surface area (Å²) in [4.78, 5) is 4.37. The molecule has 1 aromatic heterocycles. The van der Waals surface area contributed by atoms with Crippen molar-refractivity contribution in [3.05, 3.63) is 22.8 Å². The lowest BCUT2D eigenvalue weighted by Crippen LogP contribution is -2.36. The predicted octanol–water partition coefficient (Wildman–Crippen LogP) is 3.46. The Kier molecular flexibility index (Phi) is 4.05. The van der Waals surface area contributed by atoms with Gasteiger partial charge in [0.1, 0.15) is 10.4 Å². The van der Waals surface area contributed by atoms with E-state index in [0.29, 0.717) is 5.92 Å². The lowest BCUT2D eigenvalue weighted by atomic mass is 9.88. The van der Waals surface area contributed by atoms with Gasteiger partial charge in [0.25, 0.3) is 0 Å². The van der Waals surface area contributed by atoms with Crippen LogP contribution in [0.2, 0.25) is 0 Å². The Morgan fingerprint density at radius 2 is 2.35 bits per heavy atom. The second-order valence-electron chi connectivity index (χ2n) is 5.19. The summed E-state index contributed by atoms with van der Waals surface area (Å²) in [7, 11) is 0. The van der Waals surface area contributed by atoms with E-state index in [1.54, 1.807) is 0 Å². The van der Waals surface area contributed by atoms with Gasteiger partial charge in [0.05, 0.1) is 5.60 Å². The van der Waals surface area contributed by atoms with Crippen LogP contribution in [0.5, 0.6) is 0 Å². The highest BCUT2D eigenvalue weighted by Gasteiger charge is 2.28. The molecule has 2 heterocycles. The number of nitrogens with zero attached hydrogens (tertiary/aromatic N) is 1. The van der Waals surface area contributed by atoms with E-state index in [9.17, 15) is 0 Å². The maximum Gasteiger partial charge on any atom is 0.127 e. The highest BCUT2D eigenvalue weighted by Crippen LogP contribution is 2.28. The molecule has 2 rings (SSSR count). The molecule has 1 atom stereocenters. The van der Waals surface area contributed by atoms with Gasteiger partial charge in [0.15, 0.2) is 0 Å². The zero-order chi connectivity index (χ0) is 12.3. The zero-order valence-corrected chi connectivity index (χ0v) is 12.0. The molecule has 0 spiro atoms. The van der Waals surface area contributed by atoms with Gasteiger partial charge in [0.2, 0.25) is 0 Å². The number of nitrogens with one attached hydrogen (secondary N) is 1. The van der Waals surface area contributed by atoms with Crippen LogP contribution in [0, 0.1) is 5.92 Å². The van der Waals surface area contributed by atoms with Crippen LogP contribution in [0.15, 0.2) is 22.8 Å². The van der Waals surface area contributed by atoms with E-state index in [4.69, 9.17) is 4.74 Å². The summed E-state index contributed by atoms with van der Waals surface area (Å²) in [5, 5.41) is 3.40. The molecule has 0 unspecified atom stereocenters. The maximum absolute atomic E-state index is 5.72. The first-order valence-electron chi connectivity index (χ1n) is 6.05. The number of ether oxygens (including phenoxy) is 1. The molecule has 1 saturated heterocycles. The van der Waals surface area contributed by atoms with E-state index < -0.39 is 0 Å². The van der Waals surface area contributed by atoms with Gasteiger partial charge in [-0.2, -0.15) is 0 Å². The monoisotopic (exact) mass is 298 g/mol. The van der Waals surface area contributed by atoms with E-state index >= 15 is 0 Å². The van der Waals surface area contributed by atoms with Crippen LogP contribution >= 0.6 is 15.9 Å². The highest BCUT2D eigenvalue weighted by atomic mass is 79.9. The molecule has 4 heteroatoms. The van der Waals surface area contributed by atoms with Crippen LogP contribution in [0.1, 0.15) is 26.7 Å². The molecule has 1 aromatic rings. The third-order valence-corrected chi connectivity index (χ3v) is 3.53.